The highest BCUT2D eigenvalue weighted by Crippen LogP contribution is 2.31. The van der Waals surface area contributed by atoms with Gasteiger partial charge in [0.1, 0.15) is 6.54 Å². The monoisotopic (exact) mass is 372 g/mol. The Morgan fingerprint density at radius 2 is 1.67 bits per heavy atom. The fourth-order valence-electron chi connectivity index (χ4n) is 2.16. The Hall–Kier alpha value is -2.12. The second kappa shape index (κ2) is 7.19. The summed E-state index contributed by atoms with van der Waals surface area (Å²) in [5, 5.41) is 2.76. The number of nitrogens with zero attached hydrogens (tertiary/aromatic N) is 1. The first-order chi connectivity index (χ1) is 11.3. The van der Waals surface area contributed by atoms with Gasteiger partial charge in [-0.05, 0) is 26.0 Å². The number of likely N-dealkylation sites (N-methyl/N-ethyl adjacent to an activating group) is 1. The highest BCUT2D eigenvalue weighted by Gasteiger charge is 2.38. The van der Waals surface area contributed by atoms with Crippen LogP contribution < -0.4 is 5.32 Å². The molecule has 3 amide bonds. The molecular weight excluding hydrogens is 359 g/mol. The Morgan fingerprint density at radius 1 is 1.17 bits per heavy atom. The average Bonchev–Trinajstić information content (AvgIpc) is 2.73. The second-order valence-electron chi connectivity index (χ2n) is 5.04. The molecule has 1 aromatic rings. The summed E-state index contributed by atoms with van der Waals surface area (Å²) in [5.41, 5.74) is 0.137. The standard InChI is InChI=1S/C15H14Cl2N2O5/c1-3-18-13(21)7(2)24-12(20)6-19-14(22)8-4-10(16)11(17)5-9(8)15(19)23/h4-5,7H,3,6H2,1-2H3,(H,18,21)/t7-/m1/s1. The lowest BCUT2D eigenvalue weighted by Gasteiger charge is -2.16. The molecule has 0 bridgehead atoms. The van der Waals surface area contributed by atoms with Gasteiger partial charge < -0.3 is 10.1 Å². The van der Waals surface area contributed by atoms with Gasteiger partial charge in [-0.2, -0.15) is 0 Å². The third kappa shape index (κ3) is 3.52. The van der Waals surface area contributed by atoms with Crippen LogP contribution in [0.4, 0.5) is 0 Å². The van der Waals surface area contributed by atoms with Crippen LogP contribution in [0.1, 0.15) is 34.6 Å². The van der Waals surface area contributed by atoms with Crippen molar-refractivity contribution in [2.75, 3.05) is 13.1 Å². The normalized spacial score (nSPS) is 14.4. The zero-order chi connectivity index (χ0) is 18.0. The van der Waals surface area contributed by atoms with Gasteiger partial charge in [0.2, 0.25) is 0 Å². The van der Waals surface area contributed by atoms with Crippen molar-refractivity contribution in [3.63, 3.8) is 0 Å². The van der Waals surface area contributed by atoms with Gasteiger partial charge in [-0.1, -0.05) is 23.2 Å². The molecule has 1 N–H and O–H groups in total. The number of nitrogens with one attached hydrogen (secondary N) is 1. The van der Waals surface area contributed by atoms with Crippen LogP contribution in [0, 0.1) is 0 Å². The van der Waals surface area contributed by atoms with Gasteiger partial charge in [0.15, 0.2) is 6.10 Å². The molecule has 0 unspecified atom stereocenters. The van der Waals surface area contributed by atoms with E-state index in [1.54, 1.807) is 6.92 Å². The molecule has 1 atom stereocenters. The Bertz CT molecular complexity index is 694. The molecule has 9 heteroatoms. The van der Waals surface area contributed by atoms with Crippen LogP contribution in [0.3, 0.4) is 0 Å². The fourth-order valence-corrected chi connectivity index (χ4v) is 2.49. The maximum absolute atomic E-state index is 12.2. The van der Waals surface area contributed by atoms with Gasteiger partial charge in [-0.25, -0.2) is 0 Å². The van der Waals surface area contributed by atoms with E-state index in [1.807, 2.05) is 0 Å². The van der Waals surface area contributed by atoms with E-state index in [4.69, 9.17) is 27.9 Å². The molecular formula is C15H14Cl2N2O5. The third-order valence-corrected chi connectivity index (χ3v) is 4.05. The van der Waals surface area contributed by atoms with Gasteiger partial charge in [-0.15, -0.1) is 0 Å². The zero-order valence-electron chi connectivity index (χ0n) is 12.9. The van der Waals surface area contributed by atoms with Crippen LogP contribution in [0.15, 0.2) is 12.1 Å². The number of esters is 1. The average molecular weight is 373 g/mol. The molecule has 0 radical (unpaired) electrons. The summed E-state index contributed by atoms with van der Waals surface area (Å²) in [6.07, 6.45) is -1.03. The van der Waals surface area contributed by atoms with E-state index >= 15 is 0 Å². The summed E-state index contributed by atoms with van der Waals surface area (Å²) in [5.74, 6) is -2.68. The number of fused-ring (bicyclic) bond motifs is 1. The number of carbonyl (C=O) groups excluding carboxylic acids is 4. The molecule has 0 fully saturated rings. The van der Waals surface area contributed by atoms with Crippen LogP contribution in [0.2, 0.25) is 10.0 Å². The summed E-state index contributed by atoms with van der Waals surface area (Å²) >= 11 is 11.7. The van der Waals surface area contributed by atoms with E-state index in [0.717, 1.165) is 4.90 Å². The Labute approximate surface area is 147 Å². The predicted octanol–water partition coefficient (Wildman–Crippen LogP) is 1.66. The van der Waals surface area contributed by atoms with Crippen molar-refractivity contribution in [2.24, 2.45) is 0 Å². The molecule has 24 heavy (non-hydrogen) atoms. The minimum atomic E-state index is -1.03. The van der Waals surface area contributed by atoms with Crippen LogP contribution in [0.5, 0.6) is 0 Å². The Morgan fingerprint density at radius 3 is 2.12 bits per heavy atom. The highest BCUT2D eigenvalue weighted by atomic mass is 35.5. The first kappa shape index (κ1) is 18.2. The minimum absolute atomic E-state index is 0.0685. The number of ether oxygens (including phenoxy) is 1. The van der Waals surface area contributed by atoms with Crippen LogP contribution in [-0.4, -0.2) is 47.8 Å². The van der Waals surface area contributed by atoms with Gasteiger partial charge in [0.05, 0.1) is 21.2 Å². The Balaban J connectivity index is 2.09. The molecule has 1 heterocycles. The number of halogens is 2. The maximum atomic E-state index is 12.2. The van der Waals surface area contributed by atoms with Gasteiger partial charge in [0, 0.05) is 6.54 Å². The van der Waals surface area contributed by atoms with Crippen LogP contribution in [-0.2, 0) is 14.3 Å². The van der Waals surface area contributed by atoms with Crippen LogP contribution >= 0.6 is 23.2 Å². The maximum Gasteiger partial charge on any atom is 0.326 e. The number of carbonyl (C=O) groups is 4. The summed E-state index contributed by atoms with van der Waals surface area (Å²) in [6.45, 7) is 2.90. The van der Waals surface area contributed by atoms with E-state index in [0.29, 0.717) is 6.54 Å². The molecule has 0 saturated heterocycles. The van der Waals surface area contributed by atoms with E-state index in [2.05, 4.69) is 5.32 Å². The quantitative estimate of drug-likeness (QED) is 0.626. The molecule has 128 valence electrons. The fraction of sp³-hybridized carbons (Fsp3) is 0.333. The van der Waals surface area contributed by atoms with Crippen molar-refractivity contribution in [2.45, 2.75) is 20.0 Å². The summed E-state index contributed by atoms with van der Waals surface area (Å²) in [7, 11) is 0. The summed E-state index contributed by atoms with van der Waals surface area (Å²) in [6, 6.07) is 2.56. The molecule has 0 aliphatic carbocycles. The molecule has 1 aliphatic heterocycles. The highest BCUT2D eigenvalue weighted by molar-refractivity contribution is 6.43. The number of hydrogen-bond acceptors (Lipinski definition) is 5. The number of rotatable bonds is 5. The van der Waals surface area contributed by atoms with Gasteiger partial charge in [0.25, 0.3) is 17.7 Å². The minimum Gasteiger partial charge on any atom is -0.451 e. The van der Waals surface area contributed by atoms with Gasteiger partial charge >= 0.3 is 5.97 Å². The smallest absolute Gasteiger partial charge is 0.326 e. The van der Waals surface area contributed by atoms with E-state index in [1.165, 1.54) is 19.1 Å². The lowest BCUT2D eigenvalue weighted by Crippen LogP contribution is -2.40. The summed E-state index contributed by atoms with van der Waals surface area (Å²) < 4.78 is 4.92. The van der Waals surface area contributed by atoms with E-state index < -0.39 is 36.3 Å². The first-order valence-electron chi connectivity index (χ1n) is 7.08. The SMILES string of the molecule is CCNC(=O)[C@@H](C)OC(=O)CN1C(=O)c2cc(Cl)c(Cl)cc2C1=O. The number of benzene rings is 1. The lowest BCUT2D eigenvalue weighted by molar-refractivity contribution is -0.154. The topological polar surface area (TPSA) is 92.8 Å². The van der Waals surface area contributed by atoms with E-state index in [9.17, 15) is 19.2 Å². The molecule has 0 aromatic heterocycles. The van der Waals surface area contributed by atoms with Crippen molar-refractivity contribution in [1.29, 1.82) is 0 Å². The van der Waals surface area contributed by atoms with Gasteiger partial charge in [-0.3, -0.25) is 24.1 Å². The number of amides is 3. The van der Waals surface area contributed by atoms with Crippen molar-refractivity contribution in [1.82, 2.24) is 10.2 Å². The predicted molar refractivity (Wildman–Crippen MR) is 86.1 cm³/mol. The third-order valence-electron chi connectivity index (χ3n) is 3.33. The molecule has 7 nitrogen and oxygen atoms in total. The van der Waals surface area contributed by atoms with Crippen molar-refractivity contribution >= 4 is 46.9 Å². The van der Waals surface area contributed by atoms with E-state index in [-0.39, 0.29) is 21.2 Å². The second-order valence-corrected chi connectivity index (χ2v) is 5.85. The van der Waals surface area contributed by atoms with Crippen molar-refractivity contribution in [3.05, 3.63) is 33.3 Å². The number of hydrogen-bond donors (Lipinski definition) is 1. The largest absolute Gasteiger partial charge is 0.451 e. The Kier molecular flexibility index (Phi) is 5.46. The molecule has 1 aliphatic rings. The zero-order valence-corrected chi connectivity index (χ0v) is 14.4. The molecule has 0 saturated carbocycles. The summed E-state index contributed by atoms with van der Waals surface area (Å²) in [4.78, 5) is 48.6. The van der Waals surface area contributed by atoms with Crippen LogP contribution in [0.25, 0.3) is 0 Å². The van der Waals surface area contributed by atoms with Crippen molar-refractivity contribution in [3.8, 4) is 0 Å². The lowest BCUT2D eigenvalue weighted by atomic mass is 10.1. The first-order valence-corrected chi connectivity index (χ1v) is 7.84. The number of imide groups is 1. The molecule has 1 aromatic carbocycles. The van der Waals surface area contributed by atoms with Crippen molar-refractivity contribution < 1.29 is 23.9 Å². The molecule has 2 rings (SSSR count). The molecule has 0 spiro atoms.